The molecule has 0 aliphatic rings. The number of nitrogens with two attached hydrogens (primary N) is 1. The summed E-state index contributed by atoms with van der Waals surface area (Å²) in [5, 5.41) is 0. The molecule has 0 aromatic carbocycles. The van der Waals surface area contributed by atoms with Crippen LogP contribution < -0.4 is 10.5 Å². The van der Waals surface area contributed by atoms with Gasteiger partial charge < -0.3 is 10.5 Å². The third kappa shape index (κ3) is 4.53. The summed E-state index contributed by atoms with van der Waals surface area (Å²) in [4.78, 5) is 8.35. The van der Waals surface area contributed by atoms with Gasteiger partial charge in [-0.15, -0.1) is 0 Å². The molecule has 0 unspecified atom stereocenters. The molecule has 2 N–H and O–H groups in total. The minimum Gasteiger partial charge on any atom is -0.477 e. The largest absolute Gasteiger partial charge is 0.477 e. The summed E-state index contributed by atoms with van der Waals surface area (Å²) in [5.41, 5.74) is 6.18. The second-order valence-corrected chi connectivity index (χ2v) is 5.20. The normalized spacial score (nSPS) is 11.2. The van der Waals surface area contributed by atoms with Crippen LogP contribution >= 0.6 is 12.2 Å². The number of hydrogen-bond acceptors (Lipinski definition) is 4. The van der Waals surface area contributed by atoms with Gasteiger partial charge in [0.2, 0.25) is 5.88 Å². The summed E-state index contributed by atoms with van der Waals surface area (Å²) in [6.45, 7) is 7.12. The molecular weight excluding hydrogens is 222 g/mol. The quantitative estimate of drug-likeness (QED) is 0.813. The van der Waals surface area contributed by atoms with Crippen molar-refractivity contribution in [1.29, 1.82) is 0 Å². The van der Waals surface area contributed by atoms with Crippen molar-refractivity contribution in [1.82, 2.24) is 9.97 Å². The third-order valence-electron chi connectivity index (χ3n) is 1.98. The van der Waals surface area contributed by atoms with Crippen molar-refractivity contribution in [2.24, 2.45) is 11.1 Å². The summed E-state index contributed by atoms with van der Waals surface area (Å²) in [5.74, 6) is 0.504. The predicted octanol–water partition coefficient (Wildman–Crippen LogP) is 1.93. The Morgan fingerprint density at radius 1 is 1.38 bits per heavy atom. The Hall–Kier alpha value is -1.23. The lowest BCUT2D eigenvalue weighted by atomic mass is 9.93. The molecule has 0 fully saturated rings. The van der Waals surface area contributed by atoms with E-state index in [1.165, 1.54) is 12.4 Å². The SMILES string of the molecule is CC(C)(C)CCOc1cnc(C(N)=S)cn1. The van der Waals surface area contributed by atoms with E-state index in [0.29, 0.717) is 18.2 Å². The number of ether oxygens (including phenoxy) is 1. The Balaban J connectivity index is 2.47. The standard InChI is InChI=1S/C11H17N3OS/c1-11(2,3)4-5-15-9-7-13-8(6-14-9)10(12)16/h6-7H,4-5H2,1-3H3,(H2,12,16). The van der Waals surface area contributed by atoms with Crippen molar-refractivity contribution in [3.05, 3.63) is 18.1 Å². The smallest absolute Gasteiger partial charge is 0.232 e. The number of rotatable bonds is 4. The molecule has 0 amide bonds. The third-order valence-corrected chi connectivity index (χ3v) is 2.19. The summed E-state index contributed by atoms with van der Waals surface area (Å²) in [6, 6.07) is 0. The summed E-state index contributed by atoms with van der Waals surface area (Å²) in [6.07, 6.45) is 4.03. The van der Waals surface area contributed by atoms with Crippen LogP contribution in [0, 0.1) is 5.41 Å². The summed E-state index contributed by atoms with van der Waals surface area (Å²) in [7, 11) is 0. The molecule has 5 heteroatoms. The van der Waals surface area contributed by atoms with Crippen molar-refractivity contribution in [3.8, 4) is 5.88 Å². The molecule has 0 aliphatic heterocycles. The van der Waals surface area contributed by atoms with Crippen molar-refractivity contribution in [3.63, 3.8) is 0 Å². The molecule has 88 valence electrons. The lowest BCUT2D eigenvalue weighted by molar-refractivity contribution is 0.235. The zero-order valence-corrected chi connectivity index (χ0v) is 10.7. The highest BCUT2D eigenvalue weighted by atomic mass is 32.1. The van der Waals surface area contributed by atoms with E-state index in [-0.39, 0.29) is 10.4 Å². The number of nitrogens with zero attached hydrogens (tertiary/aromatic N) is 2. The average Bonchev–Trinajstić information content (AvgIpc) is 2.16. The Morgan fingerprint density at radius 2 is 2.06 bits per heavy atom. The molecule has 1 heterocycles. The maximum Gasteiger partial charge on any atom is 0.232 e. The number of aromatic nitrogens is 2. The fourth-order valence-electron chi connectivity index (χ4n) is 0.980. The van der Waals surface area contributed by atoms with Gasteiger partial charge in [0.1, 0.15) is 10.7 Å². The van der Waals surface area contributed by atoms with Gasteiger partial charge in [0, 0.05) is 0 Å². The lowest BCUT2D eigenvalue weighted by Crippen LogP contribution is -2.13. The first-order valence-corrected chi connectivity index (χ1v) is 5.54. The van der Waals surface area contributed by atoms with E-state index >= 15 is 0 Å². The van der Waals surface area contributed by atoms with E-state index in [4.69, 9.17) is 22.7 Å². The molecule has 0 aliphatic carbocycles. The maximum atomic E-state index is 5.46. The van der Waals surface area contributed by atoms with Gasteiger partial charge >= 0.3 is 0 Å². The minimum absolute atomic E-state index is 0.244. The van der Waals surface area contributed by atoms with Gasteiger partial charge in [-0.25, -0.2) is 9.97 Å². The van der Waals surface area contributed by atoms with Gasteiger partial charge in [-0.3, -0.25) is 0 Å². The molecule has 16 heavy (non-hydrogen) atoms. The van der Waals surface area contributed by atoms with Crippen LogP contribution in [0.15, 0.2) is 12.4 Å². The molecule has 0 spiro atoms. The van der Waals surface area contributed by atoms with Crippen LogP contribution in [0.2, 0.25) is 0 Å². The fourth-order valence-corrected chi connectivity index (χ4v) is 1.09. The van der Waals surface area contributed by atoms with Crippen LogP contribution in [0.1, 0.15) is 32.9 Å². The molecule has 0 bridgehead atoms. The highest BCUT2D eigenvalue weighted by Gasteiger charge is 2.10. The fraction of sp³-hybridized carbons (Fsp3) is 0.545. The zero-order chi connectivity index (χ0) is 12.2. The van der Waals surface area contributed by atoms with Crippen LogP contribution in [0.3, 0.4) is 0 Å². The molecule has 0 saturated heterocycles. The molecular formula is C11H17N3OS. The molecule has 4 nitrogen and oxygen atoms in total. The molecule has 1 aromatic rings. The van der Waals surface area contributed by atoms with E-state index in [1.54, 1.807) is 0 Å². The van der Waals surface area contributed by atoms with Crippen molar-refractivity contribution >= 4 is 17.2 Å². The molecule has 0 radical (unpaired) electrons. The van der Waals surface area contributed by atoms with Crippen molar-refractivity contribution in [2.45, 2.75) is 27.2 Å². The Morgan fingerprint density at radius 3 is 2.50 bits per heavy atom. The monoisotopic (exact) mass is 239 g/mol. The van der Waals surface area contributed by atoms with E-state index in [2.05, 4.69) is 30.7 Å². The minimum atomic E-state index is 0.244. The van der Waals surface area contributed by atoms with Crippen LogP contribution in [0.4, 0.5) is 0 Å². The first kappa shape index (κ1) is 12.8. The number of hydrogen-bond donors (Lipinski definition) is 1. The van der Waals surface area contributed by atoms with Crippen LogP contribution in [0.5, 0.6) is 5.88 Å². The molecule has 1 aromatic heterocycles. The number of thiocarbonyl (C=S) groups is 1. The van der Waals surface area contributed by atoms with E-state index in [9.17, 15) is 0 Å². The molecule has 1 rings (SSSR count). The summed E-state index contributed by atoms with van der Waals surface area (Å²) < 4.78 is 5.46. The second kappa shape index (κ2) is 5.21. The van der Waals surface area contributed by atoms with E-state index < -0.39 is 0 Å². The predicted molar refractivity (Wildman–Crippen MR) is 67.5 cm³/mol. The van der Waals surface area contributed by atoms with Crippen LogP contribution in [0.25, 0.3) is 0 Å². The Labute approximate surface area is 101 Å². The van der Waals surface area contributed by atoms with Crippen molar-refractivity contribution in [2.75, 3.05) is 6.61 Å². The summed E-state index contributed by atoms with van der Waals surface area (Å²) >= 11 is 4.78. The Bertz CT molecular complexity index is 356. The van der Waals surface area contributed by atoms with Crippen LogP contribution in [-0.4, -0.2) is 21.6 Å². The van der Waals surface area contributed by atoms with E-state index in [0.717, 1.165) is 6.42 Å². The van der Waals surface area contributed by atoms with Gasteiger partial charge in [-0.1, -0.05) is 33.0 Å². The zero-order valence-electron chi connectivity index (χ0n) is 9.86. The second-order valence-electron chi connectivity index (χ2n) is 4.76. The van der Waals surface area contributed by atoms with Gasteiger partial charge in [0.15, 0.2) is 0 Å². The first-order chi connectivity index (χ1) is 7.38. The molecule has 0 atom stereocenters. The van der Waals surface area contributed by atoms with E-state index in [1.807, 2.05) is 0 Å². The van der Waals surface area contributed by atoms with Crippen LogP contribution in [-0.2, 0) is 0 Å². The lowest BCUT2D eigenvalue weighted by Gasteiger charge is -2.17. The highest BCUT2D eigenvalue weighted by molar-refractivity contribution is 7.80. The van der Waals surface area contributed by atoms with Gasteiger partial charge in [-0.05, 0) is 11.8 Å². The van der Waals surface area contributed by atoms with Gasteiger partial charge in [0.25, 0.3) is 0 Å². The topological polar surface area (TPSA) is 61.0 Å². The van der Waals surface area contributed by atoms with Gasteiger partial charge in [-0.2, -0.15) is 0 Å². The highest BCUT2D eigenvalue weighted by Crippen LogP contribution is 2.18. The average molecular weight is 239 g/mol. The van der Waals surface area contributed by atoms with Crippen molar-refractivity contribution < 1.29 is 4.74 Å². The Kier molecular flexibility index (Phi) is 4.18. The maximum absolute atomic E-state index is 5.46. The van der Waals surface area contributed by atoms with Gasteiger partial charge in [0.05, 0.1) is 19.0 Å². The first-order valence-electron chi connectivity index (χ1n) is 5.13. The molecule has 0 saturated carbocycles.